The van der Waals surface area contributed by atoms with Crippen LogP contribution in [0.4, 0.5) is 0 Å². The Morgan fingerprint density at radius 2 is 2.00 bits per heavy atom. The quantitative estimate of drug-likeness (QED) is 0.344. The third kappa shape index (κ3) is 7.56. The topological polar surface area (TPSA) is 79.2 Å². The molecule has 20 heavy (non-hydrogen) atoms. The van der Waals surface area contributed by atoms with Crippen LogP contribution in [0.5, 0.6) is 0 Å². The fourth-order valence-corrected chi connectivity index (χ4v) is 1.56. The first-order valence-corrected chi connectivity index (χ1v) is 6.52. The number of methoxy groups -OCH3 is 1. The number of esters is 1. The van der Waals surface area contributed by atoms with Crippen molar-refractivity contribution in [1.82, 2.24) is 5.32 Å². The van der Waals surface area contributed by atoms with Gasteiger partial charge in [-0.15, -0.1) is 0 Å². The molecule has 110 valence electrons. The molecular weight excluding hydrogens is 256 g/mol. The molecular formula is C15H22N2O3. The molecule has 0 bridgehead atoms. The number of ketones is 1. The third-order valence-electron chi connectivity index (χ3n) is 2.60. The third-order valence-corrected chi connectivity index (χ3v) is 2.60. The Labute approximate surface area is 120 Å². The Balaban J connectivity index is 4.12. The summed E-state index contributed by atoms with van der Waals surface area (Å²) in [6, 6.07) is 1.38. The van der Waals surface area contributed by atoms with Crippen molar-refractivity contribution < 1.29 is 14.3 Å². The number of nitrogens with zero attached hydrogens (tertiary/aromatic N) is 1. The minimum absolute atomic E-state index is 0.167. The van der Waals surface area contributed by atoms with Crippen molar-refractivity contribution in [3.63, 3.8) is 0 Å². The summed E-state index contributed by atoms with van der Waals surface area (Å²) in [6.07, 6.45) is 1.10. The van der Waals surface area contributed by atoms with E-state index in [-0.39, 0.29) is 29.6 Å². The van der Waals surface area contributed by atoms with E-state index in [4.69, 9.17) is 10.00 Å². The normalized spacial score (nSPS) is 11.8. The van der Waals surface area contributed by atoms with E-state index in [0.717, 1.165) is 6.42 Å². The van der Waals surface area contributed by atoms with E-state index in [9.17, 15) is 9.59 Å². The minimum Gasteiger partial charge on any atom is -0.468 e. The Morgan fingerprint density at radius 3 is 2.50 bits per heavy atom. The molecule has 0 rings (SSSR count). The molecule has 0 fully saturated rings. The van der Waals surface area contributed by atoms with Crippen LogP contribution < -0.4 is 5.32 Å². The first kappa shape index (κ1) is 18.1. The Morgan fingerprint density at radius 1 is 1.35 bits per heavy atom. The van der Waals surface area contributed by atoms with Gasteiger partial charge >= 0.3 is 5.97 Å². The Kier molecular flexibility index (Phi) is 8.27. The lowest BCUT2D eigenvalue weighted by molar-refractivity contribution is -0.146. The van der Waals surface area contributed by atoms with E-state index in [0.29, 0.717) is 13.0 Å². The Bertz CT molecular complexity index is 433. The van der Waals surface area contributed by atoms with Crippen molar-refractivity contribution in [2.24, 2.45) is 5.41 Å². The average Bonchev–Trinajstić information content (AvgIpc) is 2.35. The predicted molar refractivity (Wildman–Crippen MR) is 75.5 cm³/mol. The van der Waals surface area contributed by atoms with Crippen LogP contribution >= 0.6 is 0 Å². The van der Waals surface area contributed by atoms with Crippen molar-refractivity contribution in [3.05, 3.63) is 0 Å². The summed E-state index contributed by atoms with van der Waals surface area (Å²) >= 11 is 0. The largest absolute Gasteiger partial charge is 0.468 e. The molecule has 0 radical (unpaired) electrons. The number of carbonyl (C=O) groups is 2. The van der Waals surface area contributed by atoms with Crippen LogP contribution in [0.1, 0.15) is 40.0 Å². The van der Waals surface area contributed by atoms with Gasteiger partial charge in [-0.05, 0) is 24.3 Å². The average molecular weight is 278 g/mol. The maximum Gasteiger partial charge on any atom is 0.323 e. The van der Waals surface area contributed by atoms with Gasteiger partial charge in [0.25, 0.3) is 0 Å². The van der Waals surface area contributed by atoms with Crippen LogP contribution in [0, 0.1) is 28.6 Å². The lowest BCUT2D eigenvalue weighted by Crippen LogP contribution is -2.47. The SMILES string of the molecule is COC(=O)[C@@H](NCCCC#CC(=O)CC#N)C(C)(C)C. The molecule has 0 aromatic rings. The first-order valence-electron chi connectivity index (χ1n) is 6.52. The van der Waals surface area contributed by atoms with Gasteiger partial charge in [-0.1, -0.05) is 26.7 Å². The molecule has 5 heteroatoms. The zero-order valence-electron chi connectivity index (χ0n) is 12.6. The molecule has 0 heterocycles. The van der Waals surface area contributed by atoms with Gasteiger partial charge in [-0.2, -0.15) is 5.26 Å². The molecule has 0 saturated carbocycles. The molecule has 0 saturated heterocycles. The van der Waals surface area contributed by atoms with Gasteiger partial charge < -0.3 is 10.1 Å². The summed E-state index contributed by atoms with van der Waals surface area (Å²) in [7, 11) is 1.37. The number of ether oxygens (including phenoxy) is 1. The van der Waals surface area contributed by atoms with Crippen LogP contribution in [0.25, 0.3) is 0 Å². The molecule has 0 aromatic carbocycles. The number of nitriles is 1. The van der Waals surface area contributed by atoms with Crippen LogP contribution in [0.3, 0.4) is 0 Å². The van der Waals surface area contributed by atoms with Gasteiger partial charge in [0.15, 0.2) is 0 Å². The summed E-state index contributed by atoms with van der Waals surface area (Å²) in [5, 5.41) is 11.4. The number of Topliss-reactive ketones (excluding diaryl/α,β-unsaturated/α-hetero) is 1. The second-order valence-electron chi connectivity index (χ2n) is 5.44. The van der Waals surface area contributed by atoms with Crippen LogP contribution in [-0.2, 0) is 14.3 Å². The number of carbonyl (C=O) groups excluding carboxylic acids is 2. The van der Waals surface area contributed by atoms with E-state index in [1.54, 1.807) is 6.07 Å². The maximum atomic E-state index is 11.7. The molecule has 5 nitrogen and oxygen atoms in total. The number of unbranched alkanes of at least 4 members (excludes halogenated alkanes) is 1. The van der Waals surface area contributed by atoms with Gasteiger partial charge in [0.1, 0.15) is 12.5 Å². The molecule has 0 aliphatic carbocycles. The van der Waals surface area contributed by atoms with E-state index < -0.39 is 0 Å². The molecule has 0 spiro atoms. The highest BCUT2D eigenvalue weighted by Gasteiger charge is 2.31. The highest BCUT2D eigenvalue weighted by molar-refractivity contribution is 5.96. The van der Waals surface area contributed by atoms with Crippen LogP contribution in [0.2, 0.25) is 0 Å². The van der Waals surface area contributed by atoms with Crippen molar-refractivity contribution in [3.8, 4) is 17.9 Å². The second kappa shape index (κ2) is 9.12. The Hall–Kier alpha value is -1.85. The summed E-state index contributed by atoms with van der Waals surface area (Å²) < 4.78 is 4.77. The van der Waals surface area contributed by atoms with E-state index in [2.05, 4.69) is 17.2 Å². The van der Waals surface area contributed by atoms with Crippen molar-refractivity contribution in [2.45, 2.75) is 46.1 Å². The highest BCUT2D eigenvalue weighted by Crippen LogP contribution is 2.20. The van der Waals surface area contributed by atoms with E-state index >= 15 is 0 Å². The van der Waals surface area contributed by atoms with Crippen molar-refractivity contribution in [1.29, 1.82) is 5.26 Å². The first-order chi connectivity index (χ1) is 9.32. The number of rotatable bonds is 6. The van der Waals surface area contributed by atoms with E-state index in [1.807, 2.05) is 20.8 Å². The summed E-state index contributed by atoms with van der Waals surface area (Å²) in [6.45, 7) is 6.49. The summed E-state index contributed by atoms with van der Waals surface area (Å²) in [4.78, 5) is 22.6. The zero-order valence-corrected chi connectivity index (χ0v) is 12.6. The molecule has 0 aliphatic rings. The summed E-state index contributed by atoms with van der Waals surface area (Å²) in [5.74, 6) is 4.48. The molecule has 0 amide bonds. The number of nitrogens with one attached hydrogen (secondary N) is 1. The minimum atomic E-state index is -0.374. The molecule has 0 unspecified atom stereocenters. The number of hydrogen-bond acceptors (Lipinski definition) is 5. The predicted octanol–water partition coefficient (Wildman–Crippen LogP) is 1.43. The standard InChI is InChI=1S/C15H22N2O3/c1-15(2,3)13(14(19)20-4)17-11-7-5-6-8-12(18)9-10-16/h13,17H,5,7,9,11H2,1-4H3/t13-/m1/s1. The van der Waals surface area contributed by atoms with Crippen LogP contribution in [-0.4, -0.2) is 31.4 Å². The monoisotopic (exact) mass is 278 g/mol. The molecule has 0 aromatic heterocycles. The van der Waals surface area contributed by atoms with Crippen molar-refractivity contribution >= 4 is 11.8 Å². The lowest BCUT2D eigenvalue weighted by atomic mass is 9.86. The number of hydrogen-bond donors (Lipinski definition) is 1. The highest BCUT2D eigenvalue weighted by atomic mass is 16.5. The maximum absolute atomic E-state index is 11.7. The fraction of sp³-hybridized carbons (Fsp3) is 0.667. The molecule has 1 atom stereocenters. The lowest BCUT2D eigenvalue weighted by Gasteiger charge is -2.29. The zero-order chi connectivity index (χ0) is 15.6. The van der Waals surface area contributed by atoms with Gasteiger partial charge in [-0.25, -0.2) is 0 Å². The van der Waals surface area contributed by atoms with Gasteiger partial charge in [0.05, 0.1) is 13.2 Å². The molecule has 0 aliphatic heterocycles. The van der Waals surface area contributed by atoms with Crippen molar-refractivity contribution in [2.75, 3.05) is 13.7 Å². The second-order valence-corrected chi connectivity index (χ2v) is 5.44. The summed E-state index contributed by atoms with van der Waals surface area (Å²) in [5.41, 5.74) is -0.235. The van der Waals surface area contributed by atoms with E-state index in [1.165, 1.54) is 7.11 Å². The smallest absolute Gasteiger partial charge is 0.323 e. The van der Waals surface area contributed by atoms with Gasteiger partial charge in [-0.3, -0.25) is 9.59 Å². The fourth-order valence-electron chi connectivity index (χ4n) is 1.56. The van der Waals surface area contributed by atoms with Crippen LogP contribution in [0.15, 0.2) is 0 Å². The van der Waals surface area contributed by atoms with Gasteiger partial charge in [0, 0.05) is 6.42 Å². The molecule has 1 N–H and O–H groups in total. The van der Waals surface area contributed by atoms with Gasteiger partial charge in [0.2, 0.25) is 5.78 Å².